The third-order valence-corrected chi connectivity index (χ3v) is 9.15. The summed E-state index contributed by atoms with van der Waals surface area (Å²) in [6.07, 6.45) is -1.29. The molecule has 324 valence electrons. The molecule has 3 aromatic rings. The third-order valence-electron chi connectivity index (χ3n) is 9.15. The van der Waals surface area contributed by atoms with Crippen LogP contribution in [0, 0.1) is 23.5 Å². The van der Waals surface area contributed by atoms with Crippen molar-refractivity contribution in [3.63, 3.8) is 0 Å². The maximum Gasteiger partial charge on any atom is 0.308 e. The highest BCUT2D eigenvalue weighted by atomic mass is 19.1. The number of fused-ring (bicyclic) bond motifs is 1. The minimum Gasteiger partial charge on any atom is -0.469 e. The molecule has 0 saturated carbocycles. The quantitative estimate of drug-likeness (QED) is 0.0966. The maximum atomic E-state index is 14.0. The molecule has 0 aliphatic carbocycles. The lowest BCUT2D eigenvalue weighted by atomic mass is 10.0. The Morgan fingerprint density at radius 1 is 0.617 bits per heavy atom. The van der Waals surface area contributed by atoms with Crippen molar-refractivity contribution < 1.29 is 61.3 Å². The van der Waals surface area contributed by atoms with E-state index >= 15 is 0 Å². The lowest BCUT2D eigenvalue weighted by Crippen LogP contribution is -2.60. The van der Waals surface area contributed by atoms with Gasteiger partial charge in [-0.2, -0.15) is 0 Å². The predicted octanol–water partition coefficient (Wildman–Crippen LogP) is 1.79. The number of benzene rings is 2. The SMILES string of the molecule is COC(=O)C[C@H](NC(=O)[C@H](C)NC(=O)[C@@H](NC(=O)[C@H](CC(=O)OC)NC(=O)[C@@H](NC(=O)c1ccc2ccccc2n1)C(C)C)C(C)C)C(=O)COCc1c(F)cccc1F. The number of hydrogen-bond donors (Lipinski definition) is 5. The van der Waals surface area contributed by atoms with Gasteiger partial charge in [-0.3, -0.25) is 38.4 Å². The van der Waals surface area contributed by atoms with Crippen molar-refractivity contribution in [3.8, 4) is 0 Å². The van der Waals surface area contributed by atoms with Crippen LogP contribution in [-0.4, -0.2) is 103 Å². The van der Waals surface area contributed by atoms with E-state index in [0.717, 1.165) is 37.8 Å². The number of methoxy groups -OCH3 is 2. The summed E-state index contributed by atoms with van der Waals surface area (Å²) in [4.78, 5) is 109. The largest absolute Gasteiger partial charge is 0.469 e. The molecule has 0 aliphatic rings. The zero-order valence-corrected chi connectivity index (χ0v) is 34.3. The molecule has 19 heteroatoms. The summed E-state index contributed by atoms with van der Waals surface area (Å²) in [5.41, 5.74) is 0.167. The molecule has 60 heavy (non-hydrogen) atoms. The molecule has 0 unspecified atom stereocenters. The second-order valence-corrected chi connectivity index (χ2v) is 14.4. The van der Waals surface area contributed by atoms with E-state index in [-0.39, 0.29) is 5.69 Å². The minimum atomic E-state index is -1.58. The van der Waals surface area contributed by atoms with Crippen molar-refractivity contribution in [3.05, 3.63) is 77.5 Å². The van der Waals surface area contributed by atoms with Crippen LogP contribution in [0.15, 0.2) is 54.6 Å². The Kier molecular flexibility index (Phi) is 18.2. The molecule has 2 aromatic carbocycles. The maximum absolute atomic E-state index is 14.0. The summed E-state index contributed by atoms with van der Waals surface area (Å²) in [6.45, 7) is 6.34. The van der Waals surface area contributed by atoms with E-state index in [2.05, 4.69) is 36.3 Å². The van der Waals surface area contributed by atoms with Gasteiger partial charge in [-0.25, -0.2) is 13.8 Å². The van der Waals surface area contributed by atoms with Crippen molar-refractivity contribution in [2.45, 2.75) is 84.3 Å². The number of pyridine rings is 1. The Morgan fingerprint density at radius 3 is 1.77 bits per heavy atom. The Morgan fingerprint density at radius 2 is 1.17 bits per heavy atom. The number of para-hydroxylation sites is 1. The summed E-state index contributed by atoms with van der Waals surface area (Å²) in [6, 6.07) is 6.48. The smallest absolute Gasteiger partial charge is 0.308 e. The number of hydrogen-bond acceptors (Lipinski definition) is 12. The lowest BCUT2D eigenvalue weighted by Gasteiger charge is -2.28. The van der Waals surface area contributed by atoms with Crippen LogP contribution >= 0.6 is 0 Å². The second-order valence-electron chi connectivity index (χ2n) is 14.4. The second kappa shape index (κ2) is 22.7. The van der Waals surface area contributed by atoms with E-state index in [1.165, 1.54) is 13.0 Å². The van der Waals surface area contributed by atoms with Crippen molar-refractivity contribution in [2.24, 2.45) is 11.8 Å². The fourth-order valence-electron chi connectivity index (χ4n) is 5.64. The molecule has 3 rings (SSSR count). The lowest BCUT2D eigenvalue weighted by molar-refractivity contribution is -0.145. The van der Waals surface area contributed by atoms with Gasteiger partial charge in [0.15, 0.2) is 5.78 Å². The van der Waals surface area contributed by atoms with E-state index in [1.807, 2.05) is 12.1 Å². The zero-order chi connectivity index (χ0) is 44.7. The van der Waals surface area contributed by atoms with Crippen molar-refractivity contribution in [1.82, 2.24) is 31.6 Å². The highest BCUT2D eigenvalue weighted by Crippen LogP contribution is 2.15. The summed E-state index contributed by atoms with van der Waals surface area (Å²) >= 11 is 0. The van der Waals surface area contributed by atoms with Crippen LogP contribution in [0.2, 0.25) is 0 Å². The molecular weight excluding hydrogens is 790 g/mol. The highest BCUT2D eigenvalue weighted by molar-refractivity contribution is 6.00. The van der Waals surface area contributed by atoms with Crippen molar-refractivity contribution in [2.75, 3.05) is 20.8 Å². The first-order chi connectivity index (χ1) is 28.4. The summed E-state index contributed by atoms with van der Waals surface area (Å²) < 4.78 is 42.5. The number of carbonyl (C=O) groups excluding carboxylic acids is 8. The fraction of sp³-hybridized carbons (Fsp3) is 0.439. The first-order valence-electron chi connectivity index (χ1n) is 18.9. The third kappa shape index (κ3) is 13.9. The molecule has 17 nitrogen and oxygen atoms in total. The van der Waals surface area contributed by atoms with E-state index in [0.29, 0.717) is 5.52 Å². The van der Waals surface area contributed by atoms with Gasteiger partial charge in [0, 0.05) is 10.9 Å². The Bertz CT molecular complexity index is 2040. The van der Waals surface area contributed by atoms with Gasteiger partial charge in [-0.15, -0.1) is 0 Å². The molecule has 0 aliphatic heterocycles. The molecule has 0 fully saturated rings. The van der Waals surface area contributed by atoms with Crippen LogP contribution in [0.4, 0.5) is 8.78 Å². The number of carbonyl (C=O) groups is 8. The predicted molar refractivity (Wildman–Crippen MR) is 210 cm³/mol. The monoisotopic (exact) mass is 840 g/mol. The summed E-state index contributed by atoms with van der Waals surface area (Å²) in [5.74, 6) is -9.79. The molecule has 0 bridgehead atoms. The fourth-order valence-corrected chi connectivity index (χ4v) is 5.64. The number of ether oxygens (including phenoxy) is 3. The van der Waals surface area contributed by atoms with E-state index in [4.69, 9.17) is 9.47 Å². The number of Topliss-reactive ketones (excluding diaryl/α,β-unsaturated/α-hetero) is 1. The Hall–Kier alpha value is -6.37. The van der Waals surface area contributed by atoms with Crippen molar-refractivity contribution >= 4 is 58.2 Å². The van der Waals surface area contributed by atoms with Gasteiger partial charge in [0.25, 0.3) is 5.91 Å². The molecular formula is C41H50F2N6O11. The number of rotatable bonds is 21. The molecule has 5 amide bonds. The van der Waals surface area contributed by atoms with Gasteiger partial charge in [-0.1, -0.05) is 58.0 Å². The molecule has 1 heterocycles. The van der Waals surface area contributed by atoms with E-state index in [1.54, 1.807) is 45.9 Å². The number of halogens is 2. The highest BCUT2D eigenvalue weighted by Gasteiger charge is 2.35. The molecule has 1 aromatic heterocycles. The molecule has 0 radical (unpaired) electrons. The Labute approximate surface area is 345 Å². The Balaban J connectivity index is 1.69. The average Bonchev–Trinajstić information content (AvgIpc) is 3.21. The number of nitrogens with one attached hydrogen (secondary N) is 5. The van der Waals surface area contributed by atoms with Crippen LogP contribution in [0.25, 0.3) is 10.9 Å². The van der Waals surface area contributed by atoms with Gasteiger partial charge < -0.3 is 40.8 Å². The summed E-state index contributed by atoms with van der Waals surface area (Å²) in [5, 5.41) is 13.2. The van der Waals surface area contributed by atoms with Gasteiger partial charge in [0.2, 0.25) is 23.6 Å². The van der Waals surface area contributed by atoms with Gasteiger partial charge in [-0.05, 0) is 43.0 Å². The number of nitrogens with zero attached hydrogens (tertiary/aromatic N) is 1. The minimum absolute atomic E-state index is 0.0405. The number of esters is 2. The zero-order valence-electron chi connectivity index (χ0n) is 34.3. The molecule has 0 saturated heterocycles. The topological polar surface area (TPSA) is 237 Å². The van der Waals surface area contributed by atoms with Crippen molar-refractivity contribution in [1.29, 1.82) is 0 Å². The average molecular weight is 841 g/mol. The molecule has 5 N–H and O–H groups in total. The van der Waals surface area contributed by atoms with Crippen LogP contribution in [0.1, 0.15) is 63.5 Å². The number of ketones is 1. The van der Waals surface area contributed by atoms with Crippen LogP contribution < -0.4 is 26.6 Å². The molecule has 5 atom stereocenters. The van der Waals surface area contributed by atoms with Crippen LogP contribution in [-0.2, 0) is 54.4 Å². The first-order valence-corrected chi connectivity index (χ1v) is 18.9. The van der Waals surface area contributed by atoms with E-state index < -0.39 is 133 Å². The standard InChI is InChI=1S/C41H50F2N6O11/c1-21(2)35(40(56)44-23(5)37(53)46-30(17-33(51)58-6)32(50)20-60-19-25-26(42)12-10-13-27(25)43)49-39(55)31(18-34(52)59-7)47-41(57)36(22(3)4)48-38(54)29-16-15-24-11-8-9-14-28(24)45-29/h8-16,21-23,30-31,35-36H,17-20H2,1-7H3,(H,44,56)(H,46,53)(H,47,57)(H,48,54)(H,49,55)/t23-,30-,31-,35-,36-/m0/s1. The normalized spacial score (nSPS) is 13.6. The van der Waals surface area contributed by atoms with Gasteiger partial charge >= 0.3 is 11.9 Å². The van der Waals surface area contributed by atoms with E-state index in [9.17, 15) is 47.1 Å². The van der Waals surface area contributed by atoms with Gasteiger partial charge in [0.1, 0.15) is 54.1 Å². The molecule has 0 spiro atoms. The van der Waals surface area contributed by atoms with Crippen LogP contribution in [0.3, 0.4) is 0 Å². The first kappa shape index (κ1) is 48.0. The van der Waals surface area contributed by atoms with Gasteiger partial charge in [0.05, 0.1) is 39.2 Å². The number of aromatic nitrogens is 1. The number of amides is 5. The summed E-state index contributed by atoms with van der Waals surface area (Å²) in [7, 11) is 2.13. The van der Waals surface area contributed by atoms with Crippen LogP contribution in [0.5, 0.6) is 0 Å².